The third kappa shape index (κ3) is 3.11. The van der Waals surface area contributed by atoms with E-state index in [2.05, 4.69) is 37.3 Å². The summed E-state index contributed by atoms with van der Waals surface area (Å²) in [7, 11) is 0. The third-order valence-electron chi connectivity index (χ3n) is 4.21. The van der Waals surface area contributed by atoms with Crippen LogP contribution in [-0.2, 0) is 19.4 Å². The van der Waals surface area contributed by atoms with E-state index in [1.165, 1.54) is 41.5 Å². The zero-order chi connectivity index (χ0) is 14.8. The zero-order valence-electron chi connectivity index (χ0n) is 12.9. The molecule has 0 bridgehead atoms. The van der Waals surface area contributed by atoms with Gasteiger partial charge in [-0.25, -0.2) is 0 Å². The van der Waals surface area contributed by atoms with Gasteiger partial charge in [-0.15, -0.1) is 0 Å². The van der Waals surface area contributed by atoms with Gasteiger partial charge in [0.25, 0.3) is 0 Å². The van der Waals surface area contributed by atoms with Gasteiger partial charge in [-0.05, 0) is 55.9 Å². The highest BCUT2D eigenvalue weighted by molar-refractivity contribution is 5.39. The van der Waals surface area contributed by atoms with Crippen molar-refractivity contribution < 1.29 is 4.74 Å². The SMILES string of the molecule is Cc1ccc(OCc2ccc3c(c2)CCC3)c([C@H](C)N)c1. The van der Waals surface area contributed by atoms with Crippen molar-refractivity contribution in [1.29, 1.82) is 0 Å². The van der Waals surface area contributed by atoms with Crippen molar-refractivity contribution in [2.75, 3.05) is 0 Å². The standard InChI is InChI=1S/C19H23NO/c1-13-6-9-19(18(10-13)14(2)20)21-12-15-7-8-16-4-3-5-17(16)11-15/h6-11,14H,3-5,12,20H2,1-2H3/t14-/m0/s1. The molecule has 0 heterocycles. The van der Waals surface area contributed by atoms with Gasteiger partial charge >= 0.3 is 0 Å². The summed E-state index contributed by atoms with van der Waals surface area (Å²) in [5, 5.41) is 0. The average Bonchev–Trinajstić information content (AvgIpc) is 2.93. The number of hydrogen-bond acceptors (Lipinski definition) is 2. The molecule has 2 aromatic rings. The summed E-state index contributed by atoms with van der Waals surface area (Å²) in [5.41, 5.74) is 12.6. The van der Waals surface area contributed by atoms with E-state index >= 15 is 0 Å². The molecule has 0 saturated carbocycles. The van der Waals surface area contributed by atoms with Crippen LogP contribution in [0.3, 0.4) is 0 Å². The third-order valence-corrected chi connectivity index (χ3v) is 4.21. The molecule has 2 aromatic carbocycles. The fraction of sp³-hybridized carbons (Fsp3) is 0.368. The van der Waals surface area contributed by atoms with Gasteiger partial charge in [0, 0.05) is 11.6 Å². The van der Waals surface area contributed by atoms with Gasteiger partial charge in [0.05, 0.1) is 0 Å². The minimum atomic E-state index is -0.0140. The van der Waals surface area contributed by atoms with E-state index in [-0.39, 0.29) is 6.04 Å². The maximum atomic E-state index is 6.05. The molecule has 2 N–H and O–H groups in total. The topological polar surface area (TPSA) is 35.2 Å². The van der Waals surface area contributed by atoms with Gasteiger partial charge in [-0.3, -0.25) is 0 Å². The number of nitrogens with two attached hydrogens (primary N) is 1. The Hall–Kier alpha value is -1.80. The molecule has 0 aliphatic heterocycles. The van der Waals surface area contributed by atoms with Crippen LogP contribution in [0, 0.1) is 6.92 Å². The Morgan fingerprint density at radius 3 is 2.71 bits per heavy atom. The molecule has 110 valence electrons. The lowest BCUT2D eigenvalue weighted by molar-refractivity contribution is 0.301. The molecule has 1 atom stereocenters. The van der Waals surface area contributed by atoms with Crippen molar-refractivity contribution >= 4 is 0 Å². The van der Waals surface area contributed by atoms with Crippen molar-refractivity contribution in [3.05, 3.63) is 64.2 Å². The fourth-order valence-corrected chi connectivity index (χ4v) is 3.03. The summed E-state index contributed by atoms with van der Waals surface area (Å²) >= 11 is 0. The Kier molecular flexibility index (Phi) is 3.98. The normalized spacial score (nSPS) is 14.8. The molecule has 0 aromatic heterocycles. The van der Waals surface area contributed by atoms with Gasteiger partial charge in [0.15, 0.2) is 0 Å². The van der Waals surface area contributed by atoms with Crippen LogP contribution in [0.4, 0.5) is 0 Å². The smallest absolute Gasteiger partial charge is 0.124 e. The molecule has 0 amide bonds. The molecule has 0 spiro atoms. The predicted octanol–water partition coefficient (Wildman–Crippen LogP) is 4.08. The number of hydrogen-bond donors (Lipinski definition) is 1. The monoisotopic (exact) mass is 281 g/mol. The van der Waals surface area contributed by atoms with Crippen molar-refractivity contribution in [2.24, 2.45) is 5.73 Å². The molecule has 2 nitrogen and oxygen atoms in total. The highest BCUT2D eigenvalue weighted by Crippen LogP contribution is 2.27. The Morgan fingerprint density at radius 1 is 1.10 bits per heavy atom. The fourth-order valence-electron chi connectivity index (χ4n) is 3.03. The van der Waals surface area contributed by atoms with Crippen LogP contribution in [-0.4, -0.2) is 0 Å². The van der Waals surface area contributed by atoms with E-state index in [1.807, 2.05) is 13.0 Å². The summed E-state index contributed by atoms with van der Waals surface area (Å²) in [4.78, 5) is 0. The van der Waals surface area contributed by atoms with E-state index in [0.717, 1.165) is 11.3 Å². The minimum absolute atomic E-state index is 0.0140. The quantitative estimate of drug-likeness (QED) is 0.916. The maximum absolute atomic E-state index is 6.05. The summed E-state index contributed by atoms with van der Waals surface area (Å²) in [5.74, 6) is 0.899. The molecule has 3 rings (SSSR count). The van der Waals surface area contributed by atoms with E-state index in [1.54, 1.807) is 0 Å². The number of benzene rings is 2. The van der Waals surface area contributed by atoms with E-state index in [9.17, 15) is 0 Å². The molecule has 0 radical (unpaired) electrons. The Bertz CT molecular complexity index is 646. The van der Waals surface area contributed by atoms with Crippen LogP contribution in [0.25, 0.3) is 0 Å². The first kappa shape index (κ1) is 14.2. The second-order valence-electron chi connectivity index (χ2n) is 6.08. The minimum Gasteiger partial charge on any atom is -0.489 e. The van der Waals surface area contributed by atoms with Crippen LogP contribution >= 0.6 is 0 Å². The van der Waals surface area contributed by atoms with Gasteiger partial charge in [-0.2, -0.15) is 0 Å². The first-order valence-corrected chi connectivity index (χ1v) is 7.73. The zero-order valence-corrected chi connectivity index (χ0v) is 12.9. The largest absolute Gasteiger partial charge is 0.489 e. The average molecular weight is 281 g/mol. The molecule has 2 heteroatoms. The Balaban J connectivity index is 1.76. The van der Waals surface area contributed by atoms with Crippen molar-refractivity contribution in [2.45, 2.75) is 45.8 Å². The lowest BCUT2D eigenvalue weighted by Crippen LogP contribution is -2.08. The Labute approximate surface area is 126 Å². The van der Waals surface area contributed by atoms with E-state index in [4.69, 9.17) is 10.5 Å². The van der Waals surface area contributed by atoms with Crippen molar-refractivity contribution in [1.82, 2.24) is 0 Å². The molecule has 1 aliphatic carbocycles. The van der Waals surface area contributed by atoms with E-state index in [0.29, 0.717) is 6.61 Å². The molecular weight excluding hydrogens is 258 g/mol. The molecule has 0 unspecified atom stereocenters. The molecule has 21 heavy (non-hydrogen) atoms. The van der Waals surface area contributed by atoms with Crippen LogP contribution in [0.5, 0.6) is 5.75 Å². The van der Waals surface area contributed by atoms with Crippen LogP contribution in [0.1, 0.15) is 47.2 Å². The van der Waals surface area contributed by atoms with Gasteiger partial charge in [0.2, 0.25) is 0 Å². The van der Waals surface area contributed by atoms with Crippen molar-refractivity contribution in [3.63, 3.8) is 0 Å². The number of rotatable bonds is 4. The highest BCUT2D eigenvalue weighted by Gasteiger charge is 2.12. The van der Waals surface area contributed by atoms with Gasteiger partial charge in [0.1, 0.15) is 12.4 Å². The summed E-state index contributed by atoms with van der Waals surface area (Å²) in [6, 6.07) is 12.9. The second kappa shape index (κ2) is 5.90. The van der Waals surface area contributed by atoms with Gasteiger partial charge in [-0.1, -0.05) is 35.9 Å². The highest BCUT2D eigenvalue weighted by atomic mass is 16.5. The van der Waals surface area contributed by atoms with Crippen molar-refractivity contribution in [3.8, 4) is 5.75 Å². The predicted molar refractivity (Wildman–Crippen MR) is 86.6 cm³/mol. The maximum Gasteiger partial charge on any atom is 0.124 e. The summed E-state index contributed by atoms with van der Waals surface area (Å²) in [6.45, 7) is 4.68. The van der Waals surface area contributed by atoms with Crippen LogP contribution in [0.2, 0.25) is 0 Å². The molecule has 0 fully saturated rings. The lowest BCUT2D eigenvalue weighted by Gasteiger charge is -2.15. The molecular formula is C19H23NO. The second-order valence-corrected chi connectivity index (χ2v) is 6.08. The first-order chi connectivity index (χ1) is 10.1. The number of fused-ring (bicyclic) bond motifs is 1. The van der Waals surface area contributed by atoms with Gasteiger partial charge < -0.3 is 10.5 Å². The molecule has 1 aliphatic rings. The number of ether oxygens (including phenoxy) is 1. The van der Waals surface area contributed by atoms with Crippen LogP contribution in [0.15, 0.2) is 36.4 Å². The lowest BCUT2D eigenvalue weighted by atomic mass is 10.0. The van der Waals surface area contributed by atoms with E-state index < -0.39 is 0 Å². The molecule has 0 saturated heterocycles. The summed E-state index contributed by atoms with van der Waals surface area (Å²) in [6.07, 6.45) is 3.72. The van der Waals surface area contributed by atoms with Crippen LogP contribution < -0.4 is 10.5 Å². The Morgan fingerprint density at radius 2 is 1.90 bits per heavy atom. The number of aryl methyl sites for hydroxylation is 3. The summed E-state index contributed by atoms with van der Waals surface area (Å²) < 4.78 is 6.02. The first-order valence-electron chi connectivity index (χ1n) is 7.73.